The van der Waals surface area contributed by atoms with Crippen molar-refractivity contribution < 1.29 is 9.59 Å². The van der Waals surface area contributed by atoms with E-state index in [0.29, 0.717) is 10.4 Å². The van der Waals surface area contributed by atoms with Crippen LogP contribution in [0.4, 0.5) is 0 Å². The maximum absolute atomic E-state index is 12.6. The lowest BCUT2D eigenvalue weighted by atomic mass is 9.87. The molecule has 1 saturated heterocycles. The molecule has 2 heterocycles. The Bertz CT molecular complexity index is 589. The normalized spacial score (nSPS) is 25.6. The second kappa shape index (κ2) is 5.25. The van der Waals surface area contributed by atoms with E-state index in [2.05, 4.69) is 5.32 Å². The quantitative estimate of drug-likeness (QED) is 0.851. The van der Waals surface area contributed by atoms with Crippen molar-refractivity contribution in [3.63, 3.8) is 0 Å². The maximum Gasteiger partial charge on any atom is 0.264 e. The van der Waals surface area contributed by atoms with Gasteiger partial charge in [0.25, 0.3) is 5.91 Å². The lowest BCUT2D eigenvalue weighted by Gasteiger charge is -2.43. The van der Waals surface area contributed by atoms with Gasteiger partial charge < -0.3 is 10.2 Å². The zero-order valence-corrected chi connectivity index (χ0v) is 11.8. The van der Waals surface area contributed by atoms with E-state index >= 15 is 0 Å². The molecule has 1 aromatic rings. The van der Waals surface area contributed by atoms with E-state index in [0.717, 1.165) is 25.7 Å². The topological polar surface area (TPSA) is 73.2 Å². The maximum atomic E-state index is 12.6. The first-order chi connectivity index (χ1) is 9.69. The van der Waals surface area contributed by atoms with Crippen molar-refractivity contribution in [3.05, 3.63) is 21.9 Å². The molecule has 0 bridgehead atoms. The Labute approximate surface area is 121 Å². The molecule has 5 nitrogen and oxygen atoms in total. The molecular formula is C14H15N3O2S. The second-order valence-corrected chi connectivity index (χ2v) is 6.18. The number of fused-ring (bicyclic) bond motifs is 1. The highest BCUT2D eigenvalue weighted by molar-refractivity contribution is 7.12. The van der Waals surface area contributed by atoms with Crippen molar-refractivity contribution in [2.75, 3.05) is 6.54 Å². The Balaban J connectivity index is 1.84. The van der Waals surface area contributed by atoms with Crippen LogP contribution < -0.4 is 5.32 Å². The highest BCUT2D eigenvalue weighted by Gasteiger charge is 2.39. The summed E-state index contributed by atoms with van der Waals surface area (Å²) >= 11 is 1.27. The minimum Gasteiger partial charge on any atom is -0.350 e. The number of amides is 2. The van der Waals surface area contributed by atoms with E-state index in [9.17, 15) is 9.59 Å². The fraction of sp³-hybridized carbons (Fsp3) is 0.500. The van der Waals surface area contributed by atoms with Gasteiger partial charge in [-0.05, 0) is 18.9 Å². The fourth-order valence-corrected chi connectivity index (χ4v) is 3.84. The number of nitrogens with one attached hydrogen (secondary N) is 1. The van der Waals surface area contributed by atoms with Gasteiger partial charge in [-0.15, -0.1) is 11.3 Å². The molecular weight excluding hydrogens is 274 g/mol. The van der Waals surface area contributed by atoms with Gasteiger partial charge in [-0.2, -0.15) is 5.26 Å². The number of rotatable bonds is 1. The smallest absolute Gasteiger partial charge is 0.264 e. The van der Waals surface area contributed by atoms with Crippen LogP contribution >= 0.6 is 11.3 Å². The fourth-order valence-electron chi connectivity index (χ4n) is 3.05. The predicted molar refractivity (Wildman–Crippen MR) is 74.3 cm³/mol. The van der Waals surface area contributed by atoms with Crippen molar-refractivity contribution in [1.82, 2.24) is 10.2 Å². The average molecular weight is 289 g/mol. The number of nitrogens with zero attached hydrogens (tertiary/aromatic N) is 2. The van der Waals surface area contributed by atoms with E-state index in [-0.39, 0.29) is 30.4 Å². The van der Waals surface area contributed by atoms with Crippen LogP contribution in [-0.2, 0) is 4.79 Å². The predicted octanol–water partition coefficient (Wildman–Crippen LogP) is 1.50. The molecule has 2 atom stereocenters. The van der Waals surface area contributed by atoms with Crippen LogP contribution in [0.3, 0.4) is 0 Å². The van der Waals surface area contributed by atoms with E-state index < -0.39 is 0 Å². The third kappa shape index (κ3) is 2.29. The Kier molecular flexibility index (Phi) is 3.45. The number of piperazine rings is 1. The van der Waals surface area contributed by atoms with Crippen LogP contribution in [0.2, 0.25) is 0 Å². The molecule has 3 rings (SSSR count). The summed E-state index contributed by atoms with van der Waals surface area (Å²) < 4.78 is 0. The van der Waals surface area contributed by atoms with Crippen molar-refractivity contribution in [2.45, 2.75) is 37.8 Å². The van der Waals surface area contributed by atoms with Crippen LogP contribution in [0.15, 0.2) is 11.4 Å². The van der Waals surface area contributed by atoms with Crippen LogP contribution in [-0.4, -0.2) is 35.3 Å². The van der Waals surface area contributed by atoms with Crippen molar-refractivity contribution in [2.24, 2.45) is 0 Å². The molecule has 0 aromatic carbocycles. The van der Waals surface area contributed by atoms with Gasteiger partial charge in [-0.25, -0.2) is 0 Å². The average Bonchev–Trinajstić information content (AvgIpc) is 2.94. The number of nitriles is 1. The molecule has 1 N–H and O–H groups in total. The first kappa shape index (κ1) is 13.1. The van der Waals surface area contributed by atoms with E-state index in [1.165, 1.54) is 11.3 Å². The van der Waals surface area contributed by atoms with E-state index in [4.69, 9.17) is 5.26 Å². The summed E-state index contributed by atoms with van der Waals surface area (Å²) in [6.45, 7) is 0.125. The second-order valence-electron chi connectivity index (χ2n) is 5.27. The van der Waals surface area contributed by atoms with Gasteiger partial charge in [0.2, 0.25) is 5.91 Å². The molecule has 2 fully saturated rings. The molecule has 1 aliphatic heterocycles. The number of hydrogen-bond acceptors (Lipinski definition) is 4. The first-order valence-electron chi connectivity index (χ1n) is 6.78. The molecule has 1 aliphatic carbocycles. The van der Waals surface area contributed by atoms with Crippen molar-refractivity contribution >= 4 is 23.2 Å². The SMILES string of the molecule is N#Cc1csc(C(=O)N2CC(=O)N[C@@H]3CCCC[C@H]32)c1. The number of thiophene rings is 1. The largest absolute Gasteiger partial charge is 0.350 e. The van der Waals surface area contributed by atoms with Crippen LogP contribution in [0.5, 0.6) is 0 Å². The molecule has 2 aliphatic rings. The minimum absolute atomic E-state index is 0.0847. The summed E-state index contributed by atoms with van der Waals surface area (Å²) in [4.78, 5) is 26.6. The Morgan fingerprint density at radius 3 is 3.00 bits per heavy atom. The van der Waals surface area contributed by atoms with E-state index in [1.54, 1.807) is 16.3 Å². The number of hydrogen-bond donors (Lipinski definition) is 1. The lowest BCUT2D eigenvalue weighted by Crippen LogP contribution is -2.62. The molecule has 104 valence electrons. The highest BCUT2D eigenvalue weighted by Crippen LogP contribution is 2.28. The van der Waals surface area contributed by atoms with Gasteiger partial charge in [-0.1, -0.05) is 12.8 Å². The lowest BCUT2D eigenvalue weighted by molar-refractivity contribution is -0.127. The molecule has 20 heavy (non-hydrogen) atoms. The van der Waals surface area contributed by atoms with Crippen LogP contribution in [0.25, 0.3) is 0 Å². The summed E-state index contributed by atoms with van der Waals surface area (Å²) in [6.07, 6.45) is 4.07. The van der Waals surface area contributed by atoms with E-state index in [1.807, 2.05) is 6.07 Å². The summed E-state index contributed by atoms with van der Waals surface area (Å²) in [5.41, 5.74) is 0.500. The molecule has 2 amide bonds. The number of carbonyl (C=O) groups excluding carboxylic acids is 2. The molecule has 0 radical (unpaired) electrons. The standard InChI is InChI=1S/C14H15N3O2S/c15-6-9-5-12(20-8-9)14(19)17-7-13(18)16-10-3-1-2-4-11(10)17/h5,8,10-11H,1-4,7H2,(H,16,18)/t10-,11-/m1/s1. The van der Waals surface area contributed by atoms with Gasteiger partial charge in [0, 0.05) is 11.4 Å². The molecule has 0 spiro atoms. The Morgan fingerprint density at radius 1 is 1.45 bits per heavy atom. The minimum atomic E-state index is -0.122. The van der Waals surface area contributed by atoms with Gasteiger partial charge >= 0.3 is 0 Å². The Hall–Kier alpha value is -1.87. The van der Waals surface area contributed by atoms with Gasteiger partial charge in [0.1, 0.15) is 12.6 Å². The zero-order valence-electron chi connectivity index (χ0n) is 11.0. The molecule has 0 unspecified atom stereocenters. The number of carbonyl (C=O) groups is 2. The summed E-state index contributed by atoms with van der Waals surface area (Å²) in [6, 6.07) is 3.83. The van der Waals surface area contributed by atoms with Gasteiger partial charge in [-0.3, -0.25) is 9.59 Å². The van der Waals surface area contributed by atoms with Gasteiger partial charge in [0.15, 0.2) is 0 Å². The zero-order chi connectivity index (χ0) is 14.1. The molecule has 1 aromatic heterocycles. The van der Waals surface area contributed by atoms with Crippen LogP contribution in [0, 0.1) is 11.3 Å². The van der Waals surface area contributed by atoms with Crippen molar-refractivity contribution in [1.29, 1.82) is 5.26 Å². The van der Waals surface area contributed by atoms with Crippen molar-refractivity contribution in [3.8, 4) is 6.07 Å². The third-order valence-corrected chi connectivity index (χ3v) is 4.91. The monoisotopic (exact) mass is 289 g/mol. The molecule has 6 heteroatoms. The molecule has 1 saturated carbocycles. The van der Waals surface area contributed by atoms with Crippen LogP contribution in [0.1, 0.15) is 40.9 Å². The first-order valence-corrected chi connectivity index (χ1v) is 7.66. The van der Waals surface area contributed by atoms with Gasteiger partial charge in [0.05, 0.1) is 16.5 Å². The summed E-state index contributed by atoms with van der Waals surface area (Å²) in [7, 11) is 0. The summed E-state index contributed by atoms with van der Waals surface area (Å²) in [5, 5.41) is 13.5. The highest BCUT2D eigenvalue weighted by atomic mass is 32.1. The Morgan fingerprint density at radius 2 is 2.25 bits per heavy atom. The third-order valence-electron chi connectivity index (χ3n) is 3.99. The summed E-state index contributed by atoms with van der Waals surface area (Å²) in [5.74, 6) is -0.207.